The minimum Gasteiger partial charge on any atom is -0.475 e. The second-order valence-corrected chi connectivity index (χ2v) is 15.1. The molecule has 3 atom stereocenters. The van der Waals surface area contributed by atoms with Crippen LogP contribution in [-0.4, -0.2) is 86.1 Å². The predicted octanol–water partition coefficient (Wildman–Crippen LogP) is 6.82. The van der Waals surface area contributed by atoms with Crippen molar-refractivity contribution in [2.24, 2.45) is 5.92 Å². The van der Waals surface area contributed by atoms with Gasteiger partial charge in [-0.2, -0.15) is 26.3 Å². The highest BCUT2D eigenvalue weighted by atomic mass is 32.2. The fourth-order valence-electron chi connectivity index (χ4n) is 5.66. The molecular weight excluding hydrogens is 725 g/mol. The zero-order valence-electron chi connectivity index (χ0n) is 28.6. The van der Waals surface area contributed by atoms with Gasteiger partial charge in [0.15, 0.2) is 9.84 Å². The van der Waals surface area contributed by atoms with Crippen molar-refractivity contribution in [3.63, 3.8) is 0 Å². The second-order valence-electron chi connectivity index (χ2n) is 12.2. The summed E-state index contributed by atoms with van der Waals surface area (Å²) in [7, 11) is -3.66. The van der Waals surface area contributed by atoms with Crippen molar-refractivity contribution in [1.82, 2.24) is 15.5 Å². The number of carboxylic acids is 1. The van der Waals surface area contributed by atoms with Gasteiger partial charge >= 0.3 is 18.3 Å². The summed E-state index contributed by atoms with van der Waals surface area (Å²) in [6.45, 7) is 5.73. The summed E-state index contributed by atoms with van der Waals surface area (Å²) in [4.78, 5) is 38.0. The molecule has 1 fully saturated rings. The molecule has 1 aliphatic rings. The first-order chi connectivity index (χ1) is 23.8. The van der Waals surface area contributed by atoms with E-state index in [9.17, 15) is 44.3 Å². The van der Waals surface area contributed by atoms with Crippen molar-refractivity contribution in [3.8, 4) is 0 Å². The molecule has 286 valence electrons. The molecule has 3 rings (SSSR count). The minimum absolute atomic E-state index is 0.126. The van der Waals surface area contributed by atoms with Crippen molar-refractivity contribution in [2.45, 2.75) is 93.0 Å². The van der Waals surface area contributed by atoms with Crippen molar-refractivity contribution in [3.05, 3.63) is 59.7 Å². The topological polar surface area (TPSA) is 133 Å². The second kappa shape index (κ2) is 20.1. The number of hydrogen-bond acceptors (Lipinski definition) is 7. The lowest BCUT2D eigenvalue weighted by Gasteiger charge is -2.41. The number of unbranched alkanes of at least 4 members (excludes halogenated alkanes) is 2. The zero-order chi connectivity index (χ0) is 38.4. The van der Waals surface area contributed by atoms with Gasteiger partial charge in [-0.25, -0.2) is 13.2 Å². The standard InChI is InChI=1S/C32H44F3N3O4S2.C2HF3O2/c1-4-6-17-38(18-7-5-2)26-11-16-29(24(20-26)22-44(41,42)28-14-12-27(43-3)13-15-28)37-30(39)21-36-31(40)23-9-8-10-25(19-23)32(33,34)35;3-2(4,5)1(6)7/h8-10,12-15,19,24,26,29H,4-7,11,16-18,20-22H2,1-3H3,(H,36,40)(H,37,39);(H,6,7)/t24-,26+,29-;/m0./s1. The Morgan fingerprint density at radius 1 is 0.941 bits per heavy atom. The monoisotopic (exact) mass is 769 g/mol. The molecule has 0 aromatic heterocycles. The Kier molecular flexibility index (Phi) is 17.3. The van der Waals surface area contributed by atoms with E-state index in [1.807, 2.05) is 6.26 Å². The number of hydrogen-bond donors (Lipinski definition) is 3. The number of benzene rings is 2. The SMILES string of the molecule is CCCCN(CCCC)[C@@H]1CC[C@H](NC(=O)CNC(=O)c2cccc(C(F)(F)F)c2)[C@H](CS(=O)(=O)c2ccc(SC)cc2)C1.O=C(O)C(F)(F)F. The summed E-state index contributed by atoms with van der Waals surface area (Å²) >= 11 is 1.53. The van der Waals surface area contributed by atoms with Crippen LogP contribution in [0.1, 0.15) is 74.7 Å². The summed E-state index contributed by atoms with van der Waals surface area (Å²) in [5.41, 5.74) is -1.16. The van der Waals surface area contributed by atoms with Gasteiger partial charge < -0.3 is 20.6 Å². The van der Waals surface area contributed by atoms with Gasteiger partial charge in [-0.1, -0.05) is 32.8 Å². The normalized spacial score (nSPS) is 18.0. The van der Waals surface area contributed by atoms with E-state index in [2.05, 4.69) is 29.4 Å². The summed E-state index contributed by atoms with van der Waals surface area (Å²) in [6, 6.07) is 10.6. The maximum atomic E-state index is 13.6. The quantitative estimate of drug-likeness (QED) is 0.133. The lowest BCUT2D eigenvalue weighted by atomic mass is 9.81. The van der Waals surface area contributed by atoms with Crippen molar-refractivity contribution in [2.75, 3.05) is 31.6 Å². The fraction of sp³-hybridized carbons (Fsp3) is 0.559. The molecule has 0 spiro atoms. The smallest absolute Gasteiger partial charge is 0.475 e. The molecule has 0 aliphatic heterocycles. The molecule has 0 heterocycles. The van der Waals surface area contributed by atoms with E-state index < -0.39 is 58.1 Å². The zero-order valence-corrected chi connectivity index (χ0v) is 30.3. The third-order valence-electron chi connectivity index (χ3n) is 8.37. The van der Waals surface area contributed by atoms with Crippen LogP contribution in [-0.2, 0) is 25.6 Å². The first kappa shape index (κ1) is 43.9. The number of sulfone groups is 1. The molecular formula is C34H45F6N3O6S2. The average Bonchev–Trinajstić information content (AvgIpc) is 3.07. The van der Waals surface area contributed by atoms with E-state index in [0.29, 0.717) is 12.8 Å². The molecule has 1 aliphatic carbocycles. The minimum atomic E-state index is -5.08. The molecule has 2 aromatic carbocycles. The number of carbonyl (C=O) groups is 3. The summed E-state index contributed by atoms with van der Waals surface area (Å²) in [6.07, 6.45) is -1.55. The lowest BCUT2D eigenvalue weighted by Crippen LogP contribution is -2.52. The Labute approximate surface area is 298 Å². The molecule has 0 saturated heterocycles. The molecule has 0 unspecified atom stereocenters. The van der Waals surface area contributed by atoms with Crippen molar-refractivity contribution in [1.29, 1.82) is 0 Å². The number of thioether (sulfide) groups is 1. The van der Waals surface area contributed by atoms with Gasteiger partial charge in [-0.3, -0.25) is 9.59 Å². The van der Waals surface area contributed by atoms with E-state index >= 15 is 0 Å². The first-order valence-corrected chi connectivity index (χ1v) is 19.4. The Bertz CT molecular complexity index is 1530. The number of amides is 2. The predicted molar refractivity (Wildman–Crippen MR) is 182 cm³/mol. The van der Waals surface area contributed by atoms with Gasteiger partial charge in [-0.05, 0) is 99.8 Å². The van der Waals surface area contributed by atoms with E-state index in [1.165, 1.54) is 17.8 Å². The Morgan fingerprint density at radius 3 is 2.04 bits per heavy atom. The Hall–Kier alpha value is -3.31. The largest absolute Gasteiger partial charge is 0.490 e. The van der Waals surface area contributed by atoms with Crippen LogP contribution < -0.4 is 10.6 Å². The summed E-state index contributed by atoms with van der Waals surface area (Å²) in [5.74, 6) is -4.56. The molecule has 2 amide bonds. The third kappa shape index (κ3) is 14.7. The lowest BCUT2D eigenvalue weighted by molar-refractivity contribution is -0.192. The maximum Gasteiger partial charge on any atom is 0.490 e. The van der Waals surface area contributed by atoms with Crippen LogP contribution in [0.25, 0.3) is 0 Å². The van der Waals surface area contributed by atoms with Gasteiger partial charge in [0.1, 0.15) is 0 Å². The maximum absolute atomic E-state index is 13.6. The van der Waals surface area contributed by atoms with Crippen molar-refractivity contribution >= 4 is 39.4 Å². The fourth-order valence-corrected chi connectivity index (χ4v) is 7.75. The molecule has 2 aromatic rings. The molecule has 0 radical (unpaired) electrons. The molecule has 3 N–H and O–H groups in total. The highest BCUT2D eigenvalue weighted by molar-refractivity contribution is 7.98. The number of alkyl halides is 6. The Morgan fingerprint density at radius 2 is 1.53 bits per heavy atom. The van der Waals surface area contributed by atoms with Crippen LogP contribution in [0.4, 0.5) is 26.3 Å². The number of aliphatic carboxylic acids is 1. The van der Waals surface area contributed by atoms with Crippen LogP contribution in [0, 0.1) is 5.92 Å². The van der Waals surface area contributed by atoms with E-state index in [0.717, 1.165) is 68.3 Å². The average molecular weight is 770 g/mol. The van der Waals surface area contributed by atoms with Crippen LogP contribution in [0.15, 0.2) is 58.3 Å². The van der Waals surface area contributed by atoms with Gasteiger partial charge in [0, 0.05) is 22.5 Å². The van der Waals surface area contributed by atoms with Gasteiger partial charge in [0.05, 0.1) is 22.8 Å². The number of rotatable bonds is 15. The molecule has 0 bridgehead atoms. The van der Waals surface area contributed by atoms with Gasteiger partial charge in [-0.15, -0.1) is 11.8 Å². The first-order valence-electron chi connectivity index (χ1n) is 16.5. The highest BCUT2D eigenvalue weighted by Gasteiger charge is 2.39. The van der Waals surface area contributed by atoms with Crippen LogP contribution in [0.2, 0.25) is 0 Å². The summed E-state index contributed by atoms with van der Waals surface area (Å²) < 4.78 is 98.0. The van der Waals surface area contributed by atoms with E-state index in [4.69, 9.17) is 9.90 Å². The number of nitrogens with zero attached hydrogens (tertiary/aromatic N) is 1. The van der Waals surface area contributed by atoms with Gasteiger partial charge in [0.2, 0.25) is 5.91 Å². The van der Waals surface area contributed by atoms with Crippen LogP contribution in [0.3, 0.4) is 0 Å². The summed E-state index contributed by atoms with van der Waals surface area (Å²) in [5, 5.41) is 12.4. The molecule has 1 saturated carbocycles. The number of carboxylic acid groups (broad SMARTS) is 1. The Balaban J connectivity index is 0.00000116. The van der Waals surface area contributed by atoms with E-state index in [1.54, 1.807) is 24.3 Å². The third-order valence-corrected chi connectivity index (χ3v) is 11.0. The van der Waals surface area contributed by atoms with Crippen LogP contribution in [0.5, 0.6) is 0 Å². The number of halogens is 6. The van der Waals surface area contributed by atoms with Gasteiger partial charge in [0.25, 0.3) is 5.91 Å². The molecule has 9 nitrogen and oxygen atoms in total. The number of nitrogens with one attached hydrogen (secondary N) is 2. The van der Waals surface area contributed by atoms with E-state index in [-0.39, 0.29) is 28.2 Å². The van der Waals surface area contributed by atoms with Crippen LogP contribution >= 0.6 is 11.8 Å². The highest BCUT2D eigenvalue weighted by Crippen LogP contribution is 2.32. The molecule has 51 heavy (non-hydrogen) atoms. The molecule has 17 heteroatoms. The van der Waals surface area contributed by atoms with Crippen molar-refractivity contribution < 1.29 is 54.3 Å². The number of carbonyl (C=O) groups excluding carboxylic acids is 2.